The van der Waals surface area contributed by atoms with Crippen LogP contribution in [0.5, 0.6) is 0 Å². The molecule has 23 heavy (non-hydrogen) atoms. The van der Waals surface area contributed by atoms with Gasteiger partial charge in [0.05, 0.1) is 12.5 Å². The smallest absolute Gasteiger partial charge is 0.226 e. The first-order valence-electron chi connectivity index (χ1n) is 8.17. The van der Waals surface area contributed by atoms with Gasteiger partial charge in [0.2, 0.25) is 5.91 Å². The lowest BCUT2D eigenvalue weighted by Gasteiger charge is -2.24. The second-order valence-corrected chi connectivity index (χ2v) is 5.83. The van der Waals surface area contributed by atoms with Gasteiger partial charge >= 0.3 is 0 Å². The van der Waals surface area contributed by atoms with Crippen molar-refractivity contribution in [3.05, 3.63) is 35.9 Å². The highest BCUT2D eigenvalue weighted by Crippen LogP contribution is 2.04. The summed E-state index contributed by atoms with van der Waals surface area (Å²) < 4.78 is 0. The van der Waals surface area contributed by atoms with Gasteiger partial charge in [-0.15, -0.1) is 0 Å². The van der Waals surface area contributed by atoms with E-state index < -0.39 is 0 Å². The molecular formula is C18H25N3OS. The minimum atomic E-state index is -0.0369. The van der Waals surface area contributed by atoms with Crippen molar-refractivity contribution < 1.29 is 4.79 Å². The molecule has 1 amide bonds. The molecular weight excluding hydrogens is 306 g/mol. The first kappa shape index (κ1) is 19.1. The summed E-state index contributed by atoms with van der Waals surface area (Å²) in [5, 5.41) is 12.0. The number of thiocarbonyl (C=S) groups is 1. The van der Waals surface area contributed by atoms with Crippen LogP contribution in [0.1, 0.15) is 44.6 Å². The summed E-state index contributed by atoms with van der Waals surface area (Å²) in [5.41, 5.74) is 1.21. The van der Waals surface area contributed by atoms with E-state index in [0.717, 1.165) is 25.7 Å². The van der Waals surface area contributed by atoms with Crippen LogP contribution in [0, 0.1) is 11.3 Å². The Hall–Kier alpha value is -1.93. The Morgan fingerprint density at radius 2 is 2.00 bits per heavy atom. The second kappa shape index (κ2) is 11.6. The molecule has 0 aliphatic heterocycles. The monoisotopic (exact) mass is 331 g/mol. The zero-order chi connectivity index (χ0) is 16.9. The number of hydrogen-bond acceptors (Lipinski definition) is 3. The molecule has 0 aromatic heterocycles. The van der Waals surface area contributed by atoms with E-state index in [-0.39, 0.29) is 5.91 Å². The zero-order valence-electron chi connectivity index (χ0n) is 13.8. The summed E-state index contributed by atoms with van der Waals surface area (Å²) in [5.74, 6) is -0.0369. The molecule has 1 aromatic rings. The molecule has 0 spiro atoms. The summed E-state index contributed by atoms with van der Waals surface area (Å²) in [6, 6.07) is 12.3. The van der Waals surface area contributed by atoms with Crippen molar-refractivity contribution in [2.75, 3.05) is 13.1 Å². The maximum Gasteiger partial charge on any atom is 0.226 e. The van der Waals surface area contributed by atoms with Crippen LogP contribution in [-0.4, -0.2) is 29.0 Å². The van der Waals surface area contributed by atoms with Crippen LogP contribution < -0.4 is 5.32 Å². The highest BCUT2D eigenvalue weighted by molar-refractivity contribution is 7.80. The molecule has 0 saturated heterocycles. The molecule has 0 bridgehead atoms. The van der Waals surface area contributed by atoms with E-state index in [2.05, 4.69) is 30.4 Å². The number of benzene rings is 1. The van der Waals surface area contributed by atoms with Crippen molar-refractivity contribution in [1.29, 1.82) is 5.26 Å². The Labute approximate surface area is 144 Å². The lowest BCUT2D eigenvalue weighted by Crippen LogP contribution is -2.44. The van der Waals surface area contributed by atoms with Crippen molar-refractivity contribution in [1.82, 2.24) is 10.2 Å². The van der Waals surface area contributed by atoms with E-state index in [9.17, 15) is 4.79 Å². The predicted octanol–water partition coefficient (Wildman–Crippen LogP) is 3.43. The molecule has 0 unspecified atom stereocenters. The maximum absolute atomic E-state index is 11.9. The van der Waals surface area contributed by atoms with E-state index in [1.807, 2.05) is 23.1 Å². The van der Waals surface area contributed by atoms with Gasteiger partial charge in [-0.2, -0.15) is 5.26 Å². The quantitative estimate of drug-likeness (QED) is 0.556. The number of carbonyl (C=O) groups excluding carboxylic acids is 1. The average Bonchev–Trinajstić information content (AvgIpc) is 2.56. The molecule has 124 valence electrons. The van der Waals surface area contributed by atoms with Crippen molar-refractivity contribution >= 4 is 23.2 Å². The minimum absolute atomic E-state index is 0.0369. The molecule has 1 rings (SSSR count). The Balaban J connectivity index is 2.49. The van der Waals surface area contributed by atoms with Crippen LogP contribution in [0.2, 0.25) is 0 Å². The Morgan fingerprint density at radius 3 is 2.65 bits per heavy atom. The van der Waals surface area contributed by atoms with Gasteiger partial charge in [0.15, 0.2) is 5.11 Å². The topological polar surface area (TPSA) is 56.1 Å². The first-order valence-corrected chi connectivity index (χ1v) is 8.57. The number of unbranched alkanes of at least 4 members (excludes halogenated alkanes) is 2. The van der Waals surface area contributed by atoms with Crippen LogP contribution >= 0.6 is 12.2 Å². The van der Waals surface area contributed by atoms with Gasteiger partial charge < -0.3 is 10.2 Å². The molecule has 0 atom stereocenters. The van der Waals surface area contributed by atoms with Crippen LogP contribution in [-0.2, 0) is 11.2 Å². The van der Waals surface area contributed by atoms with Crippen molar-refractivity contribution in [3.8, 4) is 6.07 Å². The van der Waals surface area contributed by atoms with Crippen molar-refractivity contribution in [2.45, 2.75) is 45.4 Å². The van der Waals surface area contributed by atoms with Crippen LogP contribution in [0.15, 0.2) is 30.3 Å². The number of rotatable bonds is 9. The molecule has 4 nitrogen and oxygen atoms in total. The molecule has 1 N–H and O–H groups in total. The van der Waals surface area contributed by atoms with Crippen molar-refractivity contribution in [3.63, 3.8) is 0 Å². The fourth-order valence-electron chi connectivity index (χ4n) is 2.20. The zero-order valence-corrected chi connectivity index (χ0v) is 14.6. The predicted molar refractivity (Wildman–Crippen MR) is 96.8 cm³/mol. The molecule has 0 aliphatic rings. The molecule has 0 radical (unpaired) electrons. The van der Waals surface area contributed by atoms with Gasteiger partial charge in [-0.25, -0.2) is 0 Å². The molecule has 0 fully saturated rings. The summed E-state index contributed by atoms with van der Waals surface area (Å²) >= 11 is 5.34. The standard InChI is InChI=1S/C18H25N3OS/c1-2-3-5-11-17(22)20-18(23)21(14-8-13-19)15-12-16-9-6-4-7-10-16/h4,6-7,9-10H,2-3,5,8,11-12,14-15H2,1H3,(H,20,22,23). The Bertz CT molecular complexity index is 525. The second-order valence-electron chi connectivity index (χ2n) is 5.44. The van der Waals surface area contributed by atoms with E-state index >= 15 is 0 Å². The lowest BCUT2D eigenvalue weighted by atomic mass is 10.1. The summed E-state index contributed by atoms with van der Waals surface area (Å²) in [6.45, 7) is 3.34. The number of nitrogens with zero attached hydrogens (tertiary/aromatic N) is 2. The normalized spacial score (nSPS) is 9.91. The SMILES string of the molecule is CCCCCC(=O)NC(=S)N(CCC#N)CCc1ccccc1. The average molecular weight is 331 g/mol. The molecule has 0 aliphatic carbocycles. The third-order valence-electron chi connectivity index (χ3n) is 3.55. The number of amides is 1. The Morgan fingerprint density at radius 1 is 1.26 bits per heavy atom. The summed E-state index contributed by atoms with van der Waals surface area (Å²) in [6.07, 6.45) is 4.74. The third-order valence-corrected chi connectivity index (χ3v) is 3.91. The van der Waals surface area contributed by atoms with Gasteiger partial charge in [-0.05, 0) is 30.6 Å². The fraction of sp³-hybridized carbons (Fsp3) is 0.500. The number of carbonyl (C=O) groups is 1. The van der Waals surface area contributed by atoms with E-state index in [4.69, 9.17) is 17.5 Å². The van der Waals surface area contributed by atoms with E-state index in [1.165, 1.54) is 5.56 Å². The highest BCUT2D eigenvalue weighted by atomic mass is 32.1. The maximum atomic E-state index is 11.9. The van der Waals surface area contributed by atoms with Gasteiger partial charge in [0.1, 0.15) is 0 Å². The van der Waals surface area contributed by atoms with E-state index in [1.54, 1.807) is 0 Å². The van der Waals surface area contributed by atoms with Crippen LogP contribution in [0.3, 0.4) is 0 Å². The third kappa shape index (κ3) is 8.32. The molecule has 0 heterocycles. The molecule has 1 aromatic carbocycles. The largest absolute Gasteiger partial charge is 0.348 e. The van der Waals surface area contributed by atoms with Gasteiger partial charge in [-0.3, -0.25) is 4.79 Å². The number of nitriles is 1. The number of nitrogens with one attached hydrogen (secondary N) is 1. The Kier molecular flexibility index (Phi) is 9.65. The van der Waals surface area contributed by atoms with E-state index in [0.29, 0.717) is 31.0 Å². The van der Waals surface area contributed by atoms with Crippen molar-refractivity contribution in [2.24, 2.45) is 0 Å². The first-order chi connectivity index (χ1) is 11.2. The van der Waals surface area contributed by atoms with Crippen LogP contribution in [0.25, 0.3) is 0 Å². The summed E-state index contributed by atoms with van der Waals surface area (Å²) in [4.78, 5) is 13.8. The highest BCUT2D eigenvalue weighted by Gasteiger charge is 2.12. The fourth-order valence-corrected chi connectivity index (χ4v) is 2.50. The van der Waals surface area contributed by atoms with Gasteiger partial charge in [0.25, 0.3) is 0 Å². The number of hydrogen-bond donors (Lipinski definition) is 1. The summed E-state index contributed by atoms with van der Waals surface area (Å²) in [7, 11) is 0. The molecule has 5 heteroatoms. The lowest BCUT2D eigenvalue weighted by molar-refractivity contribution is -0.119. The molecule has 0 saturated carbocycles. The van der Waals surface area contributed by atoms with Gasteiger partial charge in [-0.1, -0.05) is 50.1 Å². The minimum Gasteiger partial charge on any atom is -0.348 e. The van der Waals surface area contributed by atoms with Crippen LogP contribution in [0.4, 0.5) is 0 Å². The van der Waals surface area contributed by atoms with Gasteiger partial charge in [0, 0.05) is 19.5 Å².